The number of hydrogen-bond donors (Lipinski definition) is 0. The number of aromatic nitrogens is 2. The number of benzene rings is 1. The molecule has 4 nitrogen and oxygen atoms in total. The first-order chi connectivity index (χ1) is 11.8. The van der Waals surface area contributed by atoms with E-state index in [0.717, 1.165) is 16.3 Å². The van der Waals surface area contributed by atoms with Gasteiger partial charge in [0.1, 0.15) is 5.82 Å². The molecule has 0 aliphatic carbocycles. The molecule has 0 unspecified atom stereocenters. The third-order valence-electron chi connectivity index (χ3n) is 4.37. The zero-order valence-electron chi connectivity index (χ0n) is 13.6. The minimum atomic E-state index is -4.83. The van der Waals surface area contributed by atoms with Gasteiger partial charge in [-0.1, -0.05) is 0 Å². The minimum absolute atomic E-state index is 0.0106. The number of amides is 1. The highest BCUT2D eigenvalue weighted by Crippen LogP contribution is 2.32. The predicted octanol–water partition coefficient (Wildman–Crippen LogP) is 3.59. The third-order valence-corrected chi connectivity index (χ3v) is 4.37. The Labute approximate surface area is 142 Å². The molecule has 134 valence electrons. The van der Waals surface area contributed by atoms with E-state index in [-0.39, 0.29) is 24.8 Å². The van der Waals surface area contributed by atoms with Crippen molar-refractivity contribution < 1.29 is 22.4 Å². The molecule has 8 heteroatoms. The zero-order chi connectivity index (χ0) is 18.2. The molecule has 0 spiro atoms. The first-order valence-electron chi connectivity index (χ1n) is 7.94. The number of halogens is 4. The van der Waals surface area contributed by atoms with Crippen molar-refractivity contribution in [2.24, 2.45) is 0 Å². The van der Waals surface area contributed by atoms with Crippen molar-refractivity contribution in [3.05, 3.63) is 47.5 Å². The highest BCUT2D eigenvalue weighted by atomic mass is 19.4. The molecule has 0 N–H and O–H groups in total. The number of piperidine rings is 1. The molecule has 0 radical (unpaired) electrons. The van der Waals surface area contributed by atoms with Gasteiger partial charge in [0.05, 0.1) is 11.4 Å². The van der Waals surface area contributed by atoms with E-state index in [1.165, 1.54) is 12.1 Å². The van der Waals surface area contributed by atoms with Crippen LogP contribution in [-0.4, -0.2) is 39.9 Å². The van der Waals surface area contributed by atoms with Gasteiger partial charge in [0.25, 0.3) is 0 Å². The summed E-state index contributed by atoms with van der Waals surface area (Å²) in [4.78, 5) is 12.2. The number of carbonyl (C=O) groups is 1. The number of aryl methyl sites for hydroxylation is 1. The molecule has 0 saturated carbocycles. The molecule has 1 aliphatic heterocycles. The smallest absolute Gasteiger partial charge is 0.335 e. The van der Waals surface area contributed by atoms with Crippen LogP contribution in [0.4, 0.5) is 17.6 Å². The summed E-state index contributed by atoms with van der Waals surface area (Å²) < 4.78 is 52.4. The minimum Gasteiger partial charge on any atom is -0.335 e. The Morgan fingerprint density at radius 3 is 2.32 bits per heavy atom. The van der Waals surface area contributed by atoms with Gasteiger partial charge < -0.3 is 4.90 Å². The fraction of sp³-hybridized carbons (Fsp3) is 0.412. The lowest BCUT2D eigenvalue weighted by Crippen LogP contribution is -2.45. The van der Waals surface area contributed by atoms with Crippen LogP contribution in [0, 0.1) is 12.7 Å². The van der Waals surface area contributed by atoms with Gasteiger partial charge in [-0.2, -0.15) is 18.3 Å². The second-order valence-corrected chi connectivity index (χ2v) is 6.16. The maximum atomic E-state index is 13.1. The summed E-state index contributed by atoms with van der Waals surface area (Å²) in [5.74, 6) is -2.15. The molecule has 0 atom stereocenters. The van der Waals surface area contributed by atoms with Gasteiger partial charge in [0.15, 0.2) is 0 Å². The topological polar surface area (TPSA) is 38.1 Å². The van der Waals surface area contributed by atoms with Crippen molar-refractivity contribution in [1.82, 2.24) is 14.7 Å². The Morgan fingerprint density at radius 2 is 1.76 bits per heavy atom. The Hall–Kier alpha value is -2.38. The molecule has 2 aromatic rings. The number of hydrogen-bond acceptors (Lipinski definition) is 2. The average molecular weight is 355 g/mol. The molecule has 1 aromatic carbocycles. The zero-order valence-corrected chi connectivity index (χ0v) is 13.6. The molecule has 0 bridgehead atoms. The standard InChI is InChI=1S/C17H17F4N3O/c1-11-10-15(24(22-11)14-4-2-13(18)3-5-14)12-6-8-23(9-7-12)16(25)17(19,20)21/h2-5,10,12H,6-9H2,1H3. The van der Waals surface area contributed by atoms with Crippen molar-refractivity contribution >= 4 is 5.91 Å². The summed E-state index contributed by atoms with van der Waals surface area (Å²) >= 11 is 0. The van der Waals surface area contributed by atoms with Crippen LogP contribution in [0.5, 0.6) is 0 Å². The van der Waals surface area contributed by atoms with Gasteiger partial charge in [-0.25, -0.2) is 9.07 Å². The van der Waals surface area contributed by atoms with Crippen molar-refractivity contribution in [3.8, 4) is 5.69 Å². The molecule has 25 heavy (non-hydrogen) atoms. The van der Waals surface area contributed by atoms with Crippen molar-refractivity contribution in [2.45, 2.75) is 31.9 Å². The molecule has 1 amide bonds. The Kier molecular flexibility index (Phi) is 4.53. The van der Waals surface area contributed by atoms with E-state index < -0.39 is 12.1 Å². The van der Waals surface area contributed by atoms with E-state index in [2.05, 4.69) is 5.10 Å². The van der Waals surface area contributed by atoms with Gasteiger partial charge in [0, 0.05) is 24.7 Å². The van der Waals surface area contributed by atoms with Gasteiger partial charge in [-0.05, 0) is 50.1 Å². The summed E-state index contributed by atoms with van der Waals surface area (Å²) in [6.07, 6.45) is -3.98. The van der Waals surface area contributed by atoms with Gasteiger partial charge in [-0.15, -0.1) is 0 Å². The van der Waals surface area contributed by atoms with Crippen LogP contribution in [0.15, 0.2) is 30.3 Å². The van der Waals surface area contributed by atoms with Crippen LogP contribution in [0.3, 0.4) is 0 Å². The fourth-order valence-corrected chi connectivity index (χ4v) is 3.16. The summed E-state index contributed by atoms with van der Waals surface area (Å²) in [5, 5.41) is 4.41. The first kappa shape index (κ1) is 17.4. The molecular formula is C17H17F4N3O. The number of alkyl halides is 3. The number of carbonyl (C=O) groups excluding carboxylic acids is 1. The number of likely N-dealkylation sites (tertiary alicyclic amines) is 1. The van der Waals surface area contributed by atoms with Gasteiger partial charge in [0.2, 0.25) is 0 Å². The second kappa shape index (κ2) is 6.50. The lowest BCUT2D eigenvalue weighted by atomic mass is 9.93. The summed E-state index contributed by atoms with van der Waals surface area (Å²) in [5.41, 5.74) is 2.33. The Bertz CT molecular complexity index is 759. The van der Waals surface area contributed by atoms with E-state index in [4.69, 9.17) is 0 Å². The first-order valence-corrected chi connectivity index (χ1v) is 7.94. The number of rotatable bonds is 2. The Morgan fingerprint density at radius 1 is 1.16 bits per heavy atom. The summed E-state index contributed by atoms with van der Waals surface area (Å²) in [6, 6.07) is 7.76. The Balaban J connectivity index is 1.78. The highest BCUT2D eigenvalue weighted by molar-refractivity contribution is 5.81. The molecule has 1 saturated heterocycles. The maximum Gasteiger partial charge on any atom is 0.471 e. The van der Waals surface area contributed by atoms with Crippen LogP contribution in [0.2, 0.25) is 0 Å². The van der Waals surface area contributed by atoms with Crippen molar-refractivity contribution in [3.63, 3.8) is 0 Å². The molecular weight excluding hydrogens is 338 g/mol. The molecule has 1 aromatic heterocycles. The van der Waals surface area contributed by atoms with Crippen LogP contribution in [0.1, 0.15) is 30.1 Å². The SMILES string of the molecule is Cc1cc(C2CCN(C(=O)C(F)(F)F)CC2)n(-c2ccc(F)cc2)n1. The quantitative estimate of drug-likeness (QED) is 0.772. The van der Waals surface area contributed by atoms with Gasteiger partial charge >= 0.3 is 12.1 Å². The summed E-state index contributed by atoms with van der Waals surface area (Å²) in [6.45, 7) is 1.93. The maximum absolute atomic E-state index is 13.1. The lowest BCUT2D eigenvalue weighted by molar-refractivity contribution is -0.186. The molecule has 1 fully saturated rings. The lowest BCUT2D eigenvalue weighted by Gasteiger charge is -2.32. The molecule has 2 heterocycles. The van der Waals surface area contributed by atoms with Crippen molar-refractivity contribution in [2.75, 3.05) is 13.1 Å². The summed E-state index contributed by atoms with van der Waals surface area (Å²) in [7, 11) is 0. The highest BCUT2D eigenvalue weighted by Gasteiger charge is 2.43. The van der Waals surface area contributed by atoms with Gasteiger partial charge in [-0.3, -0.25) is 4.79 Å². The van der Waals surface area contributed by atoms with E-state index in [1.807, 2.05) is 13.0 Å². The van der Waals surface area contributed by atoms with E-state index in [9.17, 15) is 22.4 Å². The van der Waals surface area contributed by atoms with Crippen LogP contribution < -0.4 is 0 Å². The van der Waals surface area contributed by atoms with Crippen LogP contribution >= 0.6 is 0 Å². The fourth-order valence-electron chi connectivity index (χ4n) is 3.16. The normalized spacial score (nSPS) is 16.3. The van der Waals surface area contributed by atoms with E-state index in [0.29, 0.717) is 18.5 Å². The van der Waals surface area contributed by atoms with Crippen LogP contribution in [0.25, 0.3) is 5.69 Å². The van der Waals surface area contributed by atoms with Crippen LogP contribution in [-0.2, 0) is 4.79 Å². The van der Waals surface area contributed by atoms with E-state index >= 15 is 0 Å². The molecule has 3 rings (SSSR count). The molecule has 1 aliphatic rings. The third kappa shape index (κ3) is 3.67. The van der Waals surface area contributed by atoms with Crippen molar-refractivity contribution in [1.29, 1.82) is 0 Å². The largest absolute Gasteiger partial charge is 0.471 e. The number of nitrogens with zero attached hydrogens (tertiary/aromatic N) is 3. The average Bonchev–Trinajstić information content (AvgIpc) is 2.96. The monoisotopic (exact) mass is 355 g/mol. The second-order valence-electron chi connectivity index (χ2n) is 6.16. The predicted molar refractivity (Wildman–Crippen MR) is 82.9 cm³/mol. The van der Waals surface area contributed by atoms with E-state index in [1.54, 1.807) is 16.8 Å².